The van der Waals surface area contributed by atoms with Crippen LogP contribution < -0.4 is 0 Å². The third kappa shape index (κ3) is 1.59. The minimum atomic E-state index is -0.646. The second kappa shape index (κ2) is 3.49. The van der Waals surface area contributed by atoms with Gasteiger partial charge >= 0.3 is 0 Å². The highest BCUT2D eigenvalue weighted by molar-refractivity contribution is 9.09. The molecule has 0 saturated heterocycles. The number of hydrogen-bond acceptors (Lipinski definition) is 4. The van der Waals surface area contributed by atoms with E-state index >= 15 is 0 Å². The van der Waals surface area contributed by atoms with Crippen molar-refractivity contribution in [2.75, 3.05) is 0 Å². The summed E-state index contributed by atoms with van der Waals surface area (Å²) in [6.45, 7) is 0. The number of para-hydroxylation sites is 1. The normalized spacial score (nSPS) is 12.0. The minimum absolute atomic E-state index is 0.646. The van der Waals surface area contributed by atoms with Crippen LogP contribution in [0, 0.1) is 0 Å². The molecule has 0 spiro atoms. The van der Waals surface area contributed by atoms with Crippen molar-refractivity contribution < 1.29 is 0 Å². The highest BCUT2D eigenvalue weighted by Crippen LogP contribution is 2.47. The molecule has 2 aromatic rings. The van der Waals surface area contributed by atoms with E-state index in [-0.39, 0.29) is 0 Å². The lowest BCUT2D eigenvalue weighted by Crippen LogP contribution is -1.66. The number of benzene rings is 1. The second-order valence-corrected chi connectivity index (χ2v) is 7.94. The number of thiol groups is 3. The number of hydrogen-bond donors (Lipinski definition) is 3. The minimum Gasteiger partial charge on any atom is -0.230 e. The van der Waals surface area contributed by atoms with Crippen molar-refractivity contribution in [1.29, 1.82) is 0 Å². The van der Waals surface area contributed by atoms with Crippen molar-refractivity contribution in [2.24, 2.45) is 0 Å². The maximum atomic E-state index is 4.41. The van der Waals surface area contributed by atoms with Gasteiger partial charge in [-0.25, -0.2) is 4.98 Å². The van der Waals surface area contributed by atoms with Crippen LogP contribution in [-0.4, -0.2) is 4.98 Å². The van der Waals surface area contributed by atoms with Gasteiger partial charge in [-0.2, -0.15) is 0 Å². The maximum absolute atomic E-state index is 4.41. The summed E-state index contributed by atoms with van der Waals surface area (Å²) < 4.78 is 2.24. The molecular weight excluding hydrogens is 226 g/mol. The fraction of sp³-hybridized carbons (Fsp3) is 0. The standard InChI is InChI=1S/C7H7NS4/c9-12(10)7-8-5-3-1-2-4-6(5)11-7/h1-4,9-10,12H. The molecule has 1 nitrogen and oxygen atoms in total. The van der Waals surface area contributed by atoms with Gasteiger partial charge in [0.1, 0.15) is 4.34 Å². The van der Waals surface area contributed by atoms with Gasteiger partial charge in [0.25, 0.3) is 0 Å². The molecule has 64 valence electrons. The Kier molecular flexibility index (Phi) is 2.55. The monoisotopic (exact) mass is 233 g/mol. The summed E-state index contributed by atoms with van der Waals surface area (Å²) in [7, 11) is -0.646. The summed E-state index contributed by atoms with van der Waals surface area (Å²) in [5, 5.41) is 0. The van der Waals surface area contributed by atoms with Crippen molar-refractivity contribution in [3.05, 3.63) is 24.3 Å². The van der Waals surface area contributed by atoms with Crippen LogP contribution in [0.5, 0.6) is 0 Å². The summed E-state index contributed by atoms with van der Waals surface area (Å²) in [4.78, 5) is 4.41. The Morgan fingerprint density at radius 1 is 1.25 bits per heavy atom. The fourth-order valence-corrected chi connectivity index (χ4v) is 3.47. The summed E-state index contributed by atoms with van der Waals surface area (Å²) in [6.07, 6.45) is 0. The molecule has 0 aliphatic rings. The fourth-order valence-electron chi connectivity index (χ4n) is 0.946. The zero-order valence-corrected chi connectivity index (χ0v) is 9.51. The lowest BCUT2D eigenvalue weighted by molar-refractivity contribution is 1.31. The van der Waals surface area contributed by atoms with E-state index in [1.807, 2.05) is 18.2 Å². The quantitative estimate of drug-likeness (QED) is 0.507. The van der Waals surface area contributed by atoms with Gasteiger partial charge < -0.3 is 0 Å². The molecular formula is C7H7NS4. The molecule has 0 bridgehead atoms. The third-order valence-corrected chi connectivity index (χ3v) is 5.50. The topological polar surface area (TPSA) is 12.9 Å². The highest BCUT2D eigenvalue weighted by Gasteiger charge is 2.04. The molecule has 0 N–H and O–H groups in total. The zero-order chi connectivity index (χ0) is 8.55. The lowest BCUT2D eigenvalue weighted by Gasteiger charge is -1.98. The van der Waals surface area contributed by atoms with E-state index in [1.54, 1.807) is 11.3 Å². The van der Waals surface area contributed by atoms with Crippen LogP contribution in [0.15, 0.2) is 28.6 Å². The maximum Gasteiger partial charge on any atom is 0.148 e. The molecule has 0 unspecified atom stereocenters. The summed E-state index contributed by atoms with van der Waals surface area (Å²) in [5.74, 6) is 0. The summed E-state index contributed by atoms with van der Waals surface area (Å²) in [5.41, 5.74) is 1.05. The van der Waals surface area contributed by atoms with Gasteiger partial charge in [0.2, 0.25) is 0 Å². The second-order valence-electron chi connectivity index (χ2n) is 2.25. The predicted molar refractivity (Wildman–Crippen MR) is 64.8 cm³/mol. The summed E-state index contributed by atoms with van der Waals surface area (Å²) >= 11 is 10.2. The number of aromatic nitrogens is 1. The molecule has 0 fully saturated rings. The Labute approximate surface area is 87.2 Å². The average molecular weight is 233 g/mol. The smallest absolute Gasteiger partial charge is 0.148 e. The Morgan fingerprint density at radius 3 is 2.67 bits per heavy atom. The Hall–Kier alpha value is 0.160. The molecule has 2 rings (SSSR count). The van der Waals surface area contributed by atoms with E-state index in [4.69, 9.17) is 0 Å². The Bertz CT molecular complexity index is 362. The molecule has 0 atom stereocenters. The number of nitrogens with zero attached hydrogens (tertiary/aromatic N) is 1. The van der Waals surface area contributed by atoms with Gasteiger partial charge in [0.15, 0.2) is 0 Å². The molecule has 1 aromatic heterocycles. The van der Waals surface area contributed by atoms with Gasteiger partial charge in [0.05, 0.1) is 10.2 Å². The number of thiazole rings is 1. The van der Waals surface area contributed by atoms with Crippen LogP contribution in [0.2, 0.25) is 0 Å². The van der Waals surface area contributed by atoms with Gasteiger partial charge in [-0.15, -0.1) is 43.6 Å². The lowest BCUT2D eigenvalue weighted by atomic mass is 10.3. The van der Waals surface area contributed by atoms with Crippen LogP contribution in [-0.2, 0) is 0 Å². The van der Waals surface area contributed by atoms with E-state index in [1.165, 1.54) is 4.70 Å². The van der Waals surface area contributed by atoms with E-state index in [0.29, 0.717) is 0 Å². The van der Waals surface area contributed by atoms with Crippen molar-refractivity contribution in [3.63, 3.8) is 0 Å². The first-order valence-corrected chi connectivity index (χ1v) is 7.77. The molecule has 0 radical (unpaired) electrons. The molecule has 0 saturated carbocycles. The van der Waals surface area contributed by atoms with E-state index in [0.717, 1.165) is 9.86 Å². The first-order chi connectivity index (χ1) is 5.77. The Balaban J connectivity index is 2.62. The Morgan fingerprint density at radius 2 is 2.00 bits per heavy atom. The first-order valence-electron chi connectivity index (χ1n) is 3.31. The van der Waals surface area contributed by atoms with Crippen molar-refractivity contribution >= 4 is 53.8 Å². The predicted octanol–water partition coefficient (Wildman–Crippen LogP) is 3.35. The molecule has 1 aromatic carbocycles. The molecule has 0 aliphatic heterocycles. The van der Waals surface area contributed by atoms with E-state index in [9.17, 15) is 0 Å². The van der Waals surface area contributed by atoms with Crippen LogP contribution in [0.3, 0.4) is 0 Å². The molecule has 0 aliphatic carbocycles. The van der Waals surface area contributed by atoms with E-state index < -0.39 is 8.96 Å². The van der Waals surface area contributed by atoms with Gasteiger partial charge in [-0.3, -0.25) is 0 Å². The van der Waals surface area contributed by atoms with Crippen LogP contribution in [0.4, 0.5) is 0 Å². The number of fused-ring (bicyclic) bond motifs is 1. The van der Waals surface area contributed by atoms with Crippen LogP contribution in [0.1, 0.15) is 0 Å². The molecule has 1 heterocycles. The third-order valence-electron chi connectivity index (χ3n) is 1.45. The molecule has 12 heavy (non-hydrogen) atoms. The van der Waals surface area contributed by atoms with Crippen molar-refractivity contribution in [3.8, 4) is 0 Å². The highest BCUT2D eigenvalue weighted by atomic mass is 33.5. The molecule has 0 amide bonds. The van der Waals surface area contributed by atoms with Gasteiger partial charge in [-0.05, 0) is 12.1 Å². The SMILES string of the molecule is S[SH](S)c1nc2ccccc2s1. The van der Waals surface area contributed by atoms with Crippen molar-refractivity contribution in [2.45, 2.75) is 4.34 Å². The number of rotatable bonds is 1. The van der Waals surface area contributed by atoms with Gasteiger partial charge in [-0.1, -0.05) is 12.1 Å². The summed E-state index contributed by atoms with van der Waals surface area (Å²) in [6, 6.07) is 8.08. The average Bonchev–Trinajstić information content (AvgIpc) is 2.46. The molecule has 5 heteroatoms. The van der Waals surface area contributed by atoms with E-state index in [2.05, 4.69) is 34.4 Å². The van der Waals surface area contributed by atoms with Gasteiger partial charge in [0, 0.05) is 0 Å². The zero-order valence-electron chi connectivity index (χ0n) is 6.01. The van der Waals surface area contributed by atoms with Crippen LogP contribution >= 0.6 is 43.6 Å². The largest absolute Gasteiger partial charge is 0.230 e. The first kappa shape index (κ1) is 8.74. The van der Waals surface area contributed by atoms with Crippen LogP contribution in [0.25, 0.3) is 10.2 Å². The van der Waals surface area contributed by atoms with Crippen molar-refractivity contribution in [1.82, 2.24) is 4.98 Å².